The van der Waals surface area contributed by atoms with Crippen molar-refractivity contribution < 1.29 is 19.6 Å². The van der Waals surface area contributed by atoms with E-state index < -0.39 is 10.9 Å². The minimum Gasteiger partial charge on any atom is -0.477 e. The molecule has 1 N–H and O–H groups in total. The summed E-state index contributed by atoms with van der Waals surface area (Å²) in [5.74, 6) is -1.10. The summed E-state index contributed by atoms with van der Waals surface area (Å²) >= 11 is 1.06. The topological polar surface area (TPSA) is 103 Å². The Balaban J connectivity index is 2.51. The molecule has 0 radical (unpaired) electrons. The minimum atomic E-state index is -1.10. The van der Waals surface area contributed by atoms with E-state index in [1.807, 2.05) is 0 Å². The molecule has 0 bridgehead atoms. The fourth-order valence-electron chi connectivity index (χ4n) is 1.95. The van der Waals surface area contributed by atoms with Gasteiger partial charge in [-0.1, -0.05) is 12.1 Å². The largest absolute Gasteiger partial charge is 0.477 e. The molecule has 116 valence electrons. The number of rotatable bonds is 6. The third kappa shape index (κ3) is 3.29. The number of nitro groups is 1. The van der Waals surface area contributed by atoms with Crippen LogP contribution in [0.25, 0.3) is 11.3 Å². The fourth-order valence-corrected chi connectivity index (χ4v) is 2.86. The molecular formula is C14H14N2O5S. The highest BCUT2D eigenvalue weighted by Crippen LogP contribution is 2.32. The Kier molecular flexibility index (Phi) is 4.84. The predicted molar refractivity (Wildman–Crippen MR) is 81.5 cm³/mol. The Labute approximate surface area is 130 Å². The number of nitrogens with zero attached hydrogens (tertiary/aromatic N) is 2. The number of benzene rings is 1. The van der Waals surface area contributed by atoms with Crippen LogP contribution in [0.15, 0.2) is 18.2 Å². The molecular weight excluding hydrogens is 308 g/mol. The van der Waals surface area contributed by atoms with Crippen molar-refractivity contribution in [2.45, 2.75) is 13.3 Å². The van der Waals surface area contributed by atoms with E-state index in [0.717, 1.165) is 11.3 Å². The zero-order valence-electron chi connectivity index (χ0n) is 12.0. The molecule has 8 heteroatoms. The van der Waals surface area contributed by atoms with Gasteiger partial charge in [0.15, 0.2) is 0 Å². The van der Waals surface area contributed by atoms with Gasteiger partial charge in [-0.05, 0) is 6.92 Å². The number of carbonyl (C=O) groups is 1. The van der Waals surface area contributed by atoms with Gasteiger partial charge in [-0.3, -0.25) is 10.1 Å². The second-order valence-corrected chi connectivity index (χ2v) is 5.68. The van der Waals surface area contributed by atoms with Gasteiger partial charge in [0.1, 0.15) is 4.88 Å². The molecule has 0 spiro atoms. The van der Waals surface area contributed by atoms with Gasteiger partial charge in [-0.2, -0.15) is 0 Å². The summed E-state index contributed by atoms with van der Waals surface area (Å²) in [6.45, 7) is 2.06. The number of aromatic carboxylic acids is 1. The van der Waals surface area contributed by atoms with Crippen molar-refractivity contribution >= 4 is 23.0 Å². The molecule has 1 aromatic carbocycles. The zero-order chi connectivity index (χ0) is 16.3. The summed E-state index contributed by atoms with van der Waals surface area (Å²) in [5, 5.41) is 21.0. The Morgan fingerprint density at radius 3 is 2.82 bits per heavy atom. The van der Waals surface area contributed by atoms with Crippen LogP contribution in [0.4, 0.5) is 5.69 Å². The van der Waals surface area contributed by atoms with Crippen LogP contribution in [-0.2, 0) is 11.2 Å². The maximum atomic E-state index is 11.4. The standard InChI is InChI=1S/C14H14N2O5S/c1-8-3-4-9(7-10(8)16(19)20)12-13(14(17)18)22-11(15-12)5-6-21-2/h3-4,7H,5-6H2,1-2H3,(H,17,18). The number of hydrogen-bond acceptors (Lipinski definition) is 6. The molecule has 7 nitrogen and oxygen atoms in total. The Hall–Kier alpha value is -2.32. The first kappa shape index (κ1) is 16.1. The fraction of sp³-hybridized carbons (Fsp3) is 0.286. The number of aryl methyl sites for hydroxylation is 1. The van der Waals surface area contributed by atoms with Crippen molar-refractivity contribution in [3.05, 3.63) is 43.8 Å². The average Bonchev–Trinajstić information content (AvgIpc) is 2.89. The van der Waals surface area contributed by atoms with Crippen LogP contribution in [0, 0.1) is 17.0 Å². The lowest BCUT2D eigenvalue weighted by atomic mass is 10.1. The third-order valence-electron chi connectivity index (χ3n) is 3.07. The SMILES string of the molecule is COCCc1nc(-c2ccc(C)c([N+](=O)[O-])c2)c(C(=O)O)s1. The molecule has 0 fully saturated rings. The number of carboxylic acid groups (broad SMARTS) is 1. The van der Waals surface area contributed by atoms with Crippen LogP contribution in [0.2, 0.25) is 0 Å². The number of thiazole rings is 1. The van der Waals surface area contributed by atoms with Crippen LogP contribution >= 0.6 is 11.3 Å². The molecule has 2 rings (SSSR count). The number of carboxylic acids is 1. The van der Waals surface area contributed by atoms with E-state index in [1.165, 1.54) is 6.07 Å². The van der Waals surface area contributed by atoms with Crippen LogP contribution < -0.4 is 0 Å². The molecule has 0 unspecified atom stereocenters. The van der Waals surface area contributed by atoms with Gasteiger partial charge < -0.3 is 9.84 Å². The van der Waals surface area contributed by atoms with Gasteiger partial charge in [-0.25, -0.2) is 9.78 Å². The lowest BCUT2D eigenvalue weighted by Crippen LogP contribution is -1.97. The maximum absolute atomic E-state index is 11.4. The first-order valence-electron chi connectivity index (χ1n) is 6.41. The molecule has 0 aliphatic rings. The van der Waals surface area contributed by atoms with Crippen molar-refractivity contribution in [1.82, 2.24) is 4.98 Å². The summed E-state index contributed by atoms with van der Waals surface area (Å²) in [5.41, 5.74) is 1.14. The number of hydrogen-bond donors (Lipinski definition) is 1. The van der Waals surface area contributed by atoms with E-state index in [2.05, 4.69) is 4.98 Å². The van der Waals surface area contributed by atoms with E-state index in [0.29, 0.717) is 29.2 Å². The summed E-state index contributed by atoms with van der Waals surface area (Å²) in [6, 6.07) is 4.59. The molecule has 1 aromatic heterocycles. The van der Waals surface area contributed by atoms with E-state index in [-0.39, 0.29) is 16.3 Å². The van der Waals surface area contributed by atoms with Crippen LogP contribution in [0.3, 0.4) is 0 Å². The molecule has 1 heterocycles. The summed E-state index contributed by atoms with van der Waals surface area (Å²) in [7, 11) is 1.55. The van der Waals surface area contributed by atoms with Crippen LogP contribution in [0.1, 0.15) is 20.2 Å². The second-order valence-electron chi connectivity index (χ2n) is 4.59. The van der Waals surface area contributed by atoms with E-state index >= 15 is 0 Å². The van der Waals surface area contributed by atoms with Gasteiger partial charge in [0.25, 0.3) is 5.69 Å². The lowest BCUT2D eigenvalue weighted by Gasteiger charge is -2.02. The average molecular weight is 322 g/mol. The number of aromatic nitrogens is 1. The first-order chi connectivity index (χ1) is 10.4. The monoisotopic (exact) mass is 322 g/mol. The van der Waals surface area contributed by atoms with Crippen molar-refractivity contribution in [3.63, 3.8) is 0 Å². The zero-order valence-corrected chi connectivity index (χ0v) is 12.8. The molecule has 0 saturated heterocycles. The molecule has 0 saturated carbocycles. The summed E-state index contributed by atoms with van der Waals surface area (Å²) < 4.78 is 4.96. The molecule has 2 aromatic rings. The van der Waals surface area contributed by atoms with E-state index in [9.17, 15) is 20.0 Å². The third-order valence-corrected chi connectivity index (χ3v) is 4.17. The smallest absolute Gasteiger partial charge is 0.348 e. The van der Waals surface area contributed by atoms with Crippen molar-refractivity contribution in [3.8, 4) is 11.3 Å². The number of nitro benzene ring substituents is 1. The minimum absolute atomic E-state index is 0.0553. The van der Waals surface area contributed by atoms with Crippen LogP contribution in [-0.4, -0.2) is 34.7 Å². The normalized spacial score (nSPS) is 10.6. The molecule has 0 atom stereocenters. The van der Waals surface area contributed by atoms with Crippen LogP contribution in [0.5, 0.6) is 0 Å². The maximum Gasteiger partial charge on any atom is 0.348 e. The molecule has 0 aliphatic carbocycles. The van der Waals surface area contributed by atoms with Crippen molar-refractivity contribution in [2.75, 3.05) is 13.7 Å². The lowest BCUT2D eigenvalue weighted by molar-refractivity contribution is -0.385. The summed E-state index contributed by atoms with van der Waals surface area (Å²) in [4.78, 5) is 26.3. The van der Waals surface area contributed by atoms with E-state index in [4.69, 9.17) is 4.74 Å². The highest BCUT2D eigenvalue weighted by molar-refractivity contribution is 7.14. The van der Waals surface area contributed by atoms with Crippen molar-refractivity contribution in [2.24, 2.45) is 0 Å². The predicted octanol–water partition coefficient (Wildman–Crippen LogP) is 2.91. The summed E-state index contributed by atoms with van der Waals surface area (Å²) in [6.07, 6.45) is 0.495. The number of ether oxygens (including phenoxy) is 1. The Bertz CT molecular complexity index is 726. The number of methoxy groups -OCH3 is 1. The van der Waals surface area contributed by atoms with Gasteiger partial charge in [0.2, 0.25) is 0 Å². The molecule has 0 amide bonds. The van der Waals surface area contributed by atoms with Gasteiger partial charge >= 0.3 is 5.97 Å². The first-order valence-corrected chi connectivity index (χ1v) is 7.23. The van der Waals surface area contributed by atoms with Gasteiger partial charge in [0.05, 0.1) is 22.2 Å². The van der Waals surface area contributed by atoms with Crippen molar-refractivity contribution in [1.29, 1.82) is 0 Å². The van der Waals surface area contributed by atoms with Gasteiger partial charge in [0, 0.05) is 30.7 Å². The quantitative estimate of drug-likeness (QED) is 0.648. The second kappa shape index (κ2) is 6.63. The van der Waals surface area contributed by atoms with E-state index in [1.54, 1.807) is 26.2 Å². The Morgan fingerprint density at radius 1 is 1.50 bits per heavy atom. The molecule has 0 aliphatic heterocycles. The molecule has 22 heavy (non-hydrogen) atoms. The Morgan fingerprint density at radius 2 is 2.23 bits per heavy atom. The van der Waals surface area contributed by atoms with Gasteiger partial charge in [-0.15, -0.1) is 11.3 Å². The highest BCUT2D eigenvalue weighted by atomic mass is 32.1. The highest BCUT2D eigenvalue weighted by Gasteiger charge is 2.21.